The first-order valence-electron chi connectivity index (χ1n) is 10.7. The SMILES string of the molecule is CCS(=O)(=O)Nc1nc(C)ccc1CNc1nc(Nc2ccc(C(=O)NC)cc2)ncc1C(F)(F)F. The summed E-state index contributed by atoms with van der Waals surface area (Å²) in [7, 11) is -2.17. The Balaban J connectivity index is 1.87. The molecule has 0 saturated carbocycles. The van der Waals surface area contributed by atoms with Crippen LogP contribution in [0.1, 0.15) is 34.1 Å². The monoisotopic (exact) mass is 523 g/mol. The normalized spacial score (nSPS) is 11.6. The minimum absolute atomic E-state index is 0.0153. The molecule has 3 aromatic rings. The summed E-state index contributed by atoms with van der Waals surface area (Å²) < 4.78 is 67.2. The highest BCUT2D eigenvalue weighted by Crippen LogP contribution is 2.34. The Morgan fingerprint density at radius 2 is 1.72 bits per heavy atom. The van der Waals surface area contributed by atoms with Crippen LogP contribution in [0.4, 0.5) is 36.4 Å². The first-order chi connectivity index (χ1) is 16.9. The Bertz CT molecular complexity index is 1350. The first-order valence-corrected chi connectivity index (χ1v) is 12.3. The largest absolute Gasteiger partial charge is 0.421 e. The van der Waals surface area contributed by atoms with Gasteiger partial charge in [-0.2, -0.15) is 18.2 Å². The molecular formula is C22H24F3N7O3S. The number of aryl methyl sites for hydroxylation is 1. The van der Waals surface area contributed by atoms with Gasteiger partial charge in [0.05, 0.1) is 5.75 Å². The summed E-state index contributed by atoms with van der Waals surface area (Å²) in [6, 6.07) is 9.36. The fourth-order valence-corrected chi connectivity index (χ4v) is 3.59. The van der Waals surface area contributed by atoms with Crippen molar-refractivity contribution in [2.24, 2.45) is 0 Å². The number of anilines is 4. The highest BCUT2D eigenvalue weighted by molar-refractivity contribution is 7.92. The molecule has 0 radical (unpaired) electrons. The highest BCUT2D eigenvalue weighted by Gasteiger charge is 2.35. The van der Waals surface area contributed by atoms with Gasteiger partial charge in [0.25, 0.3) is 5.91 Å². The van der Waals surface area contributed by atoms with E-state index in [9.17, 15) is 26.4 Å². The van der Waals surface area contributed by atoms with Gasteiger partial charge in [0.15, 0.2) is 0 Å². The van der Waals surface area contributed by atoms with Crippen LogP contribution < -0.4 is 20.7 Å². The average molecular weight is 524 g/mol. The van der Waals surface area contributed by atoms with Crippen molar-refractivity contribution in [3.05, 3.63) is 65.0 Å². The molecule has 0 bridgehead atoms. The number of carbonyl (C=O) groups excluding carboxylic acids is 1. The van der Waals surface area contributed by atoms with Crippen molar-refractivity contribution >= 4 is 39.2 Å². The molecule has 2 heterocycles. The van der Waals surface area contributed by atoms with Crippen LogP contribution in [0.15, 0.2) is 42.6 Å². The molecule has 14 heteroatoms. The number of benzene rings is 1. The van der Waals surface area contributed by atoms with E-state index in [0.717, 1.165) is 0 Å². The third-order valence-electron chi connectivity index (χ3n) is 4.92. The molecular weight excluding hydrogens is 499 g/mol. The number of sulfonamides is 1. The molecule has 0 spiro atoms. The van der Waals surface area contributed by atoms with E-state index < -0.39 is 27.6 Å². The number of rotatable bonds is 9. The second-order valence-electron chi connectivity index (χ2n) is 7.55. The molecule has 0 unspecified atom stereocenters. The fraction of sp³-hybridized carbons (Fsp3) is 0.273. The third-order valence-corrected chi connectivity index (χ3v) is 6.19. The van der Waals surface area contributed by atoms with E-state index in [1.165, 1.54) is 26.1 Å². The molecule has 10 nitrogen and oxygen atoms in total. The molecule has 3 rings (SSSR count). The third kappa shape index (κ3) is 6.81. The molecule has 0 aliphatic carbocycles. The van der Waals surface area contributed by atoms with Crippen molar-refractivity contribution in [3.8, 4) is 0 Å². The average Bonchev–Trinajstić information content (AvgIpc) is 2.82. The molecule has 0 aliphatic rings. The number of hydrogen-bond donors (Lipinski definition) is 4. The maximum Gasteiger partial charge on any atom is 0.421 e. The zero-order valence-electron chi connectivity index (χ0n) is 19.6. The summed E-state index contributed by atoms with van der Waals surface area (Å²) in [6.45, 7) is 2.91. The van der Waals surface area contributed by atoms with Crippen molar-refractivity contribution in [2.75, 3.05) is 28.2 Å². The lowest BCUT2D eigenvalue weighted by Gasteiger charge is -2.16. The Kier molecular flexibility index (Phi) is 7.97. The molecule has 0 fully saturated rings. The Labute approximate surface area is 205 Å². The van der Waals surface area contributed by atoms with E-state index in [4.69, 9.17) is 0 Å². The summed E-state index contributed by atoms with van der Waals surface area (Å²) in [5.74, 6) is -1.09. The number of carbonyl (C=O) groups is 1. The van der Waals surface area contributed by atoms with Gasteiger partial charge in [-0.3, -0.25) is 9.52 Å². The van der Waals surface area contributed by atoms with Crippen LogP contribution in [-0.2, 0) is 22.7 Å². The lowest BCUT2D eigenvalue weighted by Crippen LogP contribution is -2.19. The smallest absolute Gasteiger partial charge is 0.365 e. The van der Waals surface area contributed by atoms with Gasteiger partial charge in [0.1, 0.15) is 17.2 Å². The predicted octanol–water partition coefficient (Wildman–Crippen LogP) is 3.68. The molecule has 1 amide bonds. The number of aromatic nitrogens is 3. The molecule has 0 saturated heterocycles. The van der Waals surface area contributed by atoms with E-state index >= 15 is 0 Å². The fourth-order valence-electron chi connectivity index (χ4n) is 2.98. The topological polar surface area (TPSA) is 138 Å². The van der Waals surface area contributed by atoms with Gasteiger partial charge < -0.3 is 16.0 Å². The lowest BCUT2D eigenvalue weighted by atomic mass is 10.2. The van der Waals surface area contributed by atoms with Crippen molar-refractivity contribution in [1.29, 1.82) is 0 Å². The zero-order valence-corrected chi connectivity index (χ0v) is 20.4. The number of nitrogens with one attached hydrogen (secondary N) is 4. The minimum Gasteiger partial charge on any atom is -0.365 e. The van der Waals surface area contributed by atoms with Crippen LogP contribution in [0.25, 0.3) is 0 Å². The van der Waals surface area contributed by atoms with Gasteiger partial charge in [0, 0.05) is 42.3 Å². The number of pyridine rings is 1. The zero-order chi connectivity index (χ0) is 26.5. The van der Waals surface area contributed by atoms with Gasteiger partial charge >= 0.3 is 6.18 Å². The van der Waals surface area contributed by atoms with Crippen molar-refractivity contribution in [2.45, 2.75) is 26.6 Å². The van der Waals surface area contributed by atoms with E-state index in [1.807, 2.05) is 0 Å². The second-order valence-corrected chi connectivity index (χ2v) is 9.57. The minimum atomic E-state index is -4.74. The number of amides is 1. The van der Waals surface area contributed by atoms with Crippen LogP contribution in [-0.4, -0.2) is 42.1 Å². The van der Waals surface area contributed by atoms with Crippen LogP contribution in [0.2, 0.25) is 0 Å². The summed E-state index contributed by atoms with van der Waals surface area (Å²) in [5, 5.41) is 7.90. The maximum atomic E-state index is 13.6. The molecule has 36 heavy (non-hydrogen) atoms. The summed E-state index contributed by atoms with van der Waals surface area (Å²) in [6.07, 6.45) is -4.10. The highest BCUT2D eigenvalue weighted by atomic mass is 32.2. The van der Waals surface area contributed by atoms with Gasteiger partial charge in [-0.25, -0.2) is 18.4 Å². The van der Waals surface area contributed by atoms with E-state index in [1.54, 1.807) is 31.2 Å². The van der Waals surface area contributed by atoms with Crippen LogP contribution in [0.3, 0.4) is 0 Å². The number of alkyl halides is 3. The number of halogens is 3. The van der Waals surface area contributed by atoms with E-state index in [0.29, 0.717) is 28.7 Å². The Morgan fingerprint density at radius 1 is 1.03 bits per heavy atom. The number of nitrogens with zero attached hydrogens (tertiary/aromatic N) is 3. The molecule has 1 aromatic carbocycles. The van der Waals surface area contributed by atoms with Gasteiger partial charge in [-0.15, -0.1) is 0 Å². The summed E-state index contributed by atoms with van der Waals surface area (Å²) >= 11 is 0. The molecule has 192 valence electrons. The molecule has 0 atom stereocenters. The Morgan fingerprint density at radius 3 is 2.33 bits per heavy atom. The summed E-state index contributed by atoms with van der Waals surface area (Å²) in [4.78, 5) is 23.6. The van der Waals surface area contributed by atoms with Crippen LogP contribution in [0.5, 0.6) is 0 Å². The van der Waals surface area contributed by atoms with E-state index in [2.05, 4.69) is 35.6 Å². The summed E-state index contributed by atoms with van der Waals surface area (Å²) in [5.41, 5.74) is 0.606. The molecule has 0 aliphatic heterocycles. The predicted molar refractivity (Wildman–Crippen MR) is 130 cm³/mol. The second kappa shape index (κ2) is 10.8. The first kappa shape index (κ1) is 26.7. The Hall–Kier alpha value is -3.94. The van der Waals surface area contributed by atoms with E-state index in [-0.39, 0.29) is 30.0 Å². The van der Waals surface area contributed by atoms with Crippen molar-refractivity contribution in [3.63, 3.8) is 0 Å². The van der Waals surface area contributed by atoms with Gasteiger partial charge in [0.2, 0.25) is 16.0 Å². The van der Waals surface area contributed by atoms with Crippen LogP contribution in [0, 0.1) is 6.92 Å². The lowest BCUT2D eigenvalue weighted by molar-refractivity contribution is -0.137. The quantitative estimate of drug-likeness (QED) is 0.333. The number of hydrogen-bond acceptors (Lipinski definition) is 8. The maximum absolute atomic E-state index is 13.6. The van der Waals surface area contributed by atoms with Crippen LogP contribution >= 0.6 is 0 Å². The van der Waals surface area contributed by atoms with Crippen molar-refractivity contribution in [1.82, 2.24) is 20.3 Å². The standard InChI is InChI=1S/C22H24F3N7O3S/c1-4-36(34,35)32-18-15(6-5-13(2)29-18)11-27-19-17(22(23,24)25)12-28-21(31-19)30-16-9-7-14(8-10-16)20(33)26-3/h5-10,12H,4,11H2,1-3H3,(H,26,33)(H,29,32)(H2,27,28,30,31). The van der Waals surface area contributed by atoms with Gasteiger partial charge in [-0.1, -0.05) is 6.07 Å². The van der Waals surface area contributed by atoms with Crippen molar-refractivity contribution < 1.29 is 26.4 Å². The molecule has 2 aromatic heterocycles. The molecule has 4 N–H and O–H groups in total. The van der Waals surface area contributed by atoms with Gasteiger partial charge in [-0.05, 0) is 44.2 Å².